The molecule has 1 heterocycles. The fourth-order valence-corrected chi connectivity index (χ4v) is 3.19. The number of hydrogen-bond donors (Lipinski definition) is 1. The third kappa shape index (κ3) is 5.80. The van der Waals surface area contributed by atoms with E-state index in [-0.39, 0.29) is 0 Å². The summed E-state index contributed by atoms with van der Waals surface area (Å²) >= 11 is 0. The highest BCUT2D eigenvalue weighted by Crippen LogP contribution is 2.29. The fourth-order valence-electron chi connectivity index (χ4n) is 3.19. The van der Waals surface area contributed by atoms with Crippen LogP contribution < -0.4 is 5.32 Å². The topological polar surface area (TPSA) is 21.3 Å². The molecule has 1 fully saturated rings. The van der Waals surface area contributed by atoms with E-state index in [0.29, 0.717) is 11.8 Å². The fraction of sp³-hybridized carbons (Fsp3) is 0.684. The van der Waals surface area contributed by atoms with Gasteiger partial charge in [0, 0.05) is 19.8 Å². The van der Waals surface area contributed by atoms with Crippen molar-refractivity contribution >= 4 is 0 Å². The van der Waals surface area contributed by atoms with Crippen molar-refractivity contribution in [2.75, 3.05) is 26.3 Å². The van der Waals surface area contributed by atoms with Crippen molar-refractivity contribution in [3.05, 3.63) is 35.4 Å². The van der Waals surface area contributed by atoms with E-state index in [1.165, 1.54) is 30.4 Å². The highest BCUT2D eigenvalue weighted by molar-refractivity contribution is 5.26. The smallest absolute Gasteiger partial charge is 0.0468 e. The molecule has 1 N–H and O–H groups in total. The summed E-state index contributed by atoms with van der Waals surface area (Å²) in [6.07, 6.45) is 3.75. The van der Waals surface area contributed by atoms with Crippen LogP contribution in [-0.2, 0) is 4.74 Å². The van der Waals surface area contributed by atoms with E-state index in [9.17, 15) is 0 Å². The maximum Gasteiger partial charge on any atom is 0.0468 e. The normalized spacial score (nSPS) is 18.1. The largest absolute Gasteiger partial charge is 0.381 e. The molecule has 118 valence electrons. The predicted octanol–water partition coefficient (Wildman–Crippen LogP) is 4.14. The number of ether oxygens (including phenoxy) is 1. The number of rotatable bonds is 7. The standard InChI is InChI=1S/C19H31NO/c1-15(2)13-20-14-19(12-17-7-9-21-10-8-17)18-6-4-5-16(3)11-18/h4-6,11,15,17,19-20H,7-10,12-14H2,1-3H3. The second kappa shape index (κ2) is 8.55. The Labute approximate surface area is 130 Å². The van der Waals surface area contributed by atoms with Gasteiger partial charge in [0.2, 0.25) is 0 Å². The zero-order chi connectivity index (χ0) is 15.1. The molecule has 1 atom stereocenters. The SMILES string of the molecule is Cc1cccc(C(CNCC(C)C)CC2CCOCC2)c1. The summed E-state index contributed by atoms with van der Waals surface area (Å²) in [6, 6.07) is 9.05. The molecule has 21 heavy (non-hydrogen) atoms. The average Bonchev–Trinajstić information content (AvgIpc) is 2.47. The van der Waals surface area contributed by atoms with Gasteiger partial charge in [-0.25, -0.2) is 0 Å². The van der Waals surface area contributed by atoms with Crippen molar-refractivity contribution in [1.29, 1.82) is 0 Å². The molecule has 1 aromatic carbocycles. The van der Waals surface area contributed by atoms with Crippen LogP contribution in [0.15, 0.2) is 24.3 Å². The molecule has 1 aliphatic rings. The lowest BCUT2D eigenvalue weighted by Crippen LogP contribution is -2.28. The minimum absolute atomic E-state index is 0.631. The van der Waals surface area contributed by atoms with E-state index in [1.807, 2.05) is 0 Å². The molecule has 0 spiro atoms. The van der Waals surface area contributed by atoms with E-state index >= 15 is 0 Å². The first-order valence-electron chi connectivity index (χ1n) is 8.50. The van der Waals surface area contributed by atoms with Gasteiger partial charge in [-0.3, -0.25) is 0 Å². The molecule has 0 aliphatic carbocycles. The van der Waals surface area contributed by atoms with Gasteiger partial charge in [0.05, 0.1) is 0 Å². The third-order valence-electron chi connectivity index (χ3n) is 4.42. The second-order valence-electron chi connectivity index (χ2n) is 6.95. The van der Waals surface area contributed by atoms with Gasteiger partial charge in [-0.1, -0.05) is 43.7 Å². The summed E-state index contributed by atoms with van der Waals surface area (Å²) < 4.78 is 5.50. The first-order chi connectivity index (χ1) is 10.1. The monoisotopic (exact) mass is 289 g/mol. The van der Waals surface area contributed by atoms with E-state index in [2.05, 4.69) is 50.4 Å². The third-order valence-corrected chi connectivity index (χ3v) is 4.42. The first kappa shape index (κ1) is 16.5. The summed E-state index contributed by atoms with van der Waals surface area (Å²) in [5.74, 6) is 2.17. The maximum atomic E-state index is 5.50. The highest BCUT2D eigenvalue weighted by atomic mass is 16.5. The van der Waals surface area contributed by atoms with Crippen molar-refractivity contribution in [3.63, 3.8) is 0 Å². The molecule has 1 aliphatic heterocycles. The molecule has 0 aromatic heterocycles. The van der Waals surface area contributed by atoms with E-state index < -0.39 is 0 Å². The Bertz CT molecular complexity index is 410. The second-order valence-corrected chi connectivity index (χ2v) is 6.95. The minimum atomic E-state index is 0.631. The number of hydrogen-bond acceptors (Lipinski definition) is 2. The summed E-state index contributed by atoms with van der Waals surface area (Å²) in [5.41, 5.74) is 2.87. The molecule has 0 saturated carbocycles. The molecular weight excluding hydrogens is 258 g/mol. The Kier molecular flexibility index (Phi) is 6.72. The van der Waals surface area contributed by atoms with Crippen LogP contribution in [0.2, 0.25) is 0 Å². The summed E-state index contributed by atoms with van der Waals surface area (Å²) in [5, 5.41) is 3.66. The summed E-state index contributed by atoms with van der Waals surface area (Å²) in [7, 11) is 0. The van der Waals surface area contributed by atoms with Gasteiger partial charge in [-0.05, 0) is 56.0 Å². The zero-order valence-electron chi connectivity index (χ0n) is 13.9. The van der Waals surface area contributed by atoms with Gasteiger partial charge in [0.1, 0.15) is 0 Å². The van der Waals surface area contributed by atoms with Crippen LogP contribution in [0.3, 0.4) is 0 Å². The lowest BCUT2D eigenvalue weighted by Gasteiger charge is -2.27. The highest BCUT2D eigenvalue weighted by Gasteiger charge is 2.20. The van der Waals surface area contributed by atoms with Gasteiger partial charge >= 0.3 is 0 Å². The van der Waals surface area contributed by atoms with Crippen molar-refractivity contribution < 1.29 is 4.74 Å². The average molecular weight is 289 g/mol. The van der Waals surface area contributed by atoms with Crippen LogP contribution in [0.25, 0.3) is 0 Å². The van der Waals surface area contributed by atoms with Gasteiger partial charge < -0.3 is 10.1 Å². The molecule has 2 rings (SSSR count). The molecule has 1 saturated heterocycles. The summed E-state index contributed by atoms with van der Waals surface area (Å²) in [4.78, 5) is 0. The van der Waals surface area contributed by atoms with E-state index in [4.69, 9.17) is 4.74 Å². The van der Waals surface area contributed by atoms with Crippen molar-refractivity contribution in [3.8, 4) is 0 Å². The van der Waals surface area contributed by atoms with Crippen molar-refractivity contribution in [1.82, 2.24) is 5.32 Å². The Morgan fingerprint density at radius 2 is 1.95 bits per heavy atom. The van der Waals surface area contributed by atoms with Crippen molar-refractivity contribution in [2.45, 2.75) is 46.0 Å². The Morgan fingerprint density at radius 1 is 1.19 bits per heavy atom. The Balaban J connectivity index is 1.98. The minimum Gasteiger partial charge on any atom is -0.381 e. The van der Waals surface area contributed by atoms with Gasteiger partial charge in [0.25, 0.3) is 0 Å². The van der Waals surface area contributed by atoms with Gasteiger partial charge in [0.15, 0.2) is 0 Å². The molecular formula is C19H31NO. The first-order valence-corrected chi connectivity index (χ1v) is 8.50. The van der Waals surface area contributed by atoms with Gasteiger partial charge in [-0.15, -0.1) is 0 Å². The molecule has 2 nitrogen and oxygen atoms in total. The molecule has 0 radical (unpaired) electrons. The van der Waals surface area contributed by atoms with Gasteiger partial charge in [-0.2, -0.15) is 0 Å². The summed E-state index contributed by atoms with van der Waals surface area (Å²) in [6.45, 7) is 10.8. The lowest BCUT2D eigenvalue weighted by molar-refractivity contribution is 0.0616. The maximum absolute atomic E-state index is 5.50. The zero-order valence-corrected chi connectivity index (χ0v) is 13.9. The number of benzene rings is 1. The quantitative estimate of drug-likeness (QED) is 0.814. The van der Waals surface area contributed by atoms with Crippen LogP contribution >= 0.6 is 0 Å². The van der Waals surface area contributed by atoms with Crippen LogP contribution in [0.4, 0.5) is 0 Å². The number of aryl methyl sites for hydroxylation is 1. The molecule has 1 unspecified atom stereocenters. The van der Waals surface area contributed by atoms with E-state index in [0.717, 1.165) is 32.2 Å². The van der Waals surface area contributed by atoms with Crippen molar-refractivity contribution in [2.24, 2.45) is 11.8 Å². The predicted molar refractivity (Wildman–Crippen MR) is 89.8 cm³/mol. The Hall–Kier alpha value is -0.860. The molecule has 0 bridgehead atoms. The Morgan fingerprint density at radius 3 is 2.62 bits per heavy atom. The lowest BCUT2D eigenvalue weighted by atomic mass is 9.84. The van der Waals surface area contributed by atoms with Crippen LogP contribution in [0.5, 0.6) is 0 Å². The van der Waals surface area contributed by atoms with E-state index in [1.54, 1.807) is 0 Å². The molecule has 1 aromatic rings. The van der Waals surface area contributed by atoms with Crippen LogP contribution in [-0.4, -0.2) is 26.3 Å². The molecule has 0 amide bonds. The van der Waals surface area contributed by atoms with Crippen LogP contribution in [0.1, 0.15) is 50.2 Å². The molecule has 2 heteroatoms. The number of nitrogens with one attached hydrogen (secondary N) is 1. The van der Waals surface area contributed by atoms with Crippen LogP contribution in [0, 0.1) is 18.8 Å².